The molecule has 0 unspecified atom stereocenters. The van der Waals surface area contributed by atoms with E-state index in [0.29, 0.717) is 0 Å². The molecule has 0 fully saturated rings. The highest BCUT2D eigenvalue weighted by Crippen LogP contribution is 2.18. The van der Waals surface area contributed by atoms with Crippen LogP contribution in [0.25, 0.3) is 10.8 Å². The van der Waals surface area contributed by atoms with Crippen LogP contribution in [-0.4, -0.2) is 40.8 Å². The SMILES string of the molecule is CCNC(=NCCc1cccc2ccccc12)N(C)Cc1cnn(C)c1.I. The second kappa shape index (κ2) is 10.3. The lowest BCUT2D eigenvalue weighted by atomic mass is 10.0. The first kappa shape index (κ1) is 21.2. The Morgan fingerprint density at radius 3 is 2.70 bits per heavy atom. The van der Waals surface area contributed by atoms with E-state index in [0.717, 1.165) is 32.0 Å². The Balaban J connectivity index is 0.00000261. The molecular formula is C21H28IN5. The van der Waals surface area contributed by atoms with Crippen LogP contribution in [0.5, 0.6) is 0 Å². The van der Waals surface area contributed by atoms with Crippen molar-refractivity contribution < 1.29 is 0 Å². The standard InChI is InChI=1S/C21H27N5.HI/c1-4-22-21(25(2)15-17-14-24-26(3)16-17)23-13-12-19-10-7-9-18-8-5-6-11-20(18)19;/h5-11,14,16H,4,12-13,15H2,1-3H3,(H,22,23);1H. The van der Waals surface area contributed by atoms with E-state index in [-0.39, 0.29) is 24.0 Å². The highest BCUT2D eigenvalue weighted by Gasteiger charge is 2.08. The zero-order valence-electron chi connectivity index (χ0n) is 16.2. The predicted octanol–water partition coefficient (Wildman–Crippen LogP) is 3.83. The smallest absolute Gasteiger partial charge is 0.193 e. The maximum atomic E-state index is 4.82. The third kappa shape index (κ3) is 5.69. The Hall–Kier alpha value is -2.09. The number of rotatable bonds is 6. The van der Waals surface area contributed by atoms with E-state index in [9.17, 15) is 0 Å². The van der Waals surface area contributed by atoms with Gasteiger partial charge in [-0.3, -0.25) is 9.67 Å². The van der Waals surface area contributed by atoms with Gasteiger partial charge in [0, 0.05) is 45.5 Å². The number of aryl methyl sites for hydroxylation is 1. The minimum atomic E-state index is 0. The summed E-state index contributed by atoms with van der Waals surface area (Å²) in [6, 6.07) is 15.0. The van der Waals surface area contributed by atoms with Crippen LogP contribution in [0.3, 0.4) is 0 Å². The third-order valence-corrected chi connectivity index (χ3v) is 4.40. The lowest BCUT2D eigenvalue weighted by Gasteiger charge is -2.21. The molecule has 1 N–H and O–H groups in total. The average molecular weight is 477 g/mol. The molecule has 3 aromatic rings. The number of nitrogens with one attached hydrogen (secondary N) is 1. The molecule has 0 bridgehead atoms. The molecule has 0 aliphatic heterocycles. The molecule has 1 aromatic heterocycles. The first-order chi connectivity index (χ1) is 12.7. The number of benzene rings is 2. The monoisotopic (exact) mass is 477 g/mol. The molecule has 0 saturated carbocycles. The summed E-state index contributed by atoms with van der Waals surface area (Å²) in [6.45, 7) is 4.49. The molecule has 2 aromatic carbocycles. The highest BCUT2D eigenvalue weighted by atomic mass is 127. The molecule has 0 amide bonds. The first-order valence-corrected chi connectivity index (χ1v) is 9.11. The summed E-state index contributed by atoms with van der Waals surface area (Å²) in [4.78, 5) is 6.97. The minimum absolute atomic E-state index is 0. The Kier molecular flexibility index (Phi) is 8.09. The molecule has 0 aliphatic rings. The van der Waals surface area contributed by atoms with Crippen LogP contribution in [0.1, 0.15) is 18.1 Å². The topological polar surface area (TPSA) is 45.5 Å². The summed E-state index contributed by atoms with van der Waals surface area (Å²) in [5, 5.41) is 10.2. The van der Waals surface area contributed by atoms with Gasteiger partial charge in [0.1, 0.15) is 0 Å². The number of halogens is 1. The maximum Gasteiger partial charge on any atom is 0.193 e. The fourth-order valence-corrected chi connectivity index (χ4v) is 3.16. The van der Waals surface area contributed by atoms with Crippen LogP contribution >= 0.6 is 24.0 Å². The van der Waals surface area contributed by atoms with Crippen molar-refractivity contribution >= 4 is 40.7 Å². The number of fused-ring (bicyclic) bond motifs is 1. The van der Waals surface area contributed by atoms with E-state index in [2.05, 4.69) is 71.8 Å². The first-order valence-electron chi connectivity index (χ1n) is 9.11. The predicted molar refractivity (Wildman–Crippen MR) is 124 cm³/mol. The maximum absolute atomic E-state index is 4.82. The molecule has 0 atom stereocenters. The van der Waals surface area contributed by atoms with E-state index in [1.54, 1.807) is 0 Å². The fraction of sp³-hybridized carbons (Fsp3) is 0.333. The van der Waals surface area contributed by atoms with Gasteiger partial charge >= 0.3 is 0 Å². The molecule has 0 radical (unpaired) electrons. The van der Waals surface area contributed by atoms with Gasteiger partial charge in [0.2, 0.25) is 0 Å². The molecular weight excluding hydrogens is 449 g/mol. The fourth-order valence-electron chi connectivity index (χ4n) is 3.16. The Labute approximate surface area is 178 Å². The van der Waals surface area contributed by atoms with Crippen molar-refractivity contribution in [2.75, 3.05) is 20.1 Å². The second-order valence-electron chi connectivity index (χ2n) is 6.50. The number of nitrogens with zero attached hydrogens (tertiary/aromatic N) is 4. The highest BCUT2D eigenvalue weighted by molar-refractivity contribution is 14.0. The summed E-state index contributed by atoms with van der Waals surface area (Å²) >= 11 is 0. The molecule has 0 saturated heterocycles. The summed E-state index contributed by atoms with van der Waals surface area (Å²) in [5.41, 5.74) is 2.52. The summed E-state index contributed by atoms with van der Waals surface area (Å²) in [5.74, 6) is 0.927. The van der Waals surface area contributed by atoms with Gasteiger partial charge < -0.3 is 10.2 Å². The van der Waals surface area contributed by atoms with Crippen molar-refractivity contribution in [3.8, 4) is 0 Å². The van der Waals surface area contributed by atoms with Crippen molar-refractivity contribution in [1.29, 1.82) is 0 Å². The summed E-state index contributed by atoms with van der Waals surface area (Å²) in [6.07, 6.45) is 4.86. The number of guanidine groups is 1. The van der Waals surface area contributed by atoms with Crippen molar-refractivity contribution in [2.24, 2.45) is 12.0 Å². The molecule has 6 heteroatoms. The van der Waals surface area contributed by atoms with E-state index in [1.165, 1.54) is 21.9 Å². The second-order valence-corrected chi connectivity index (χ2v) is 6.50. The van der Waals surface area contributed by atoms with Crippen LogP contribution < -0.4 is 5.32 Å². The normalized spacial score (nSPS) is 11.3. The van der Waals surface area contributed by atoms with Gasteiger partial charge in [-0.05, 0) is 29.7 Å². The Bertz CT molecular complexity index is 882. The number of aromatic nitrogens is 2. The lowest BCUT2D eigenvalue weighted by Crippen LogP contribution is -2.38. The van der Waals surface area contributed by atoms with E-state index >= 15 is 0 Å². The third-order valence-electron chi connectivity index (χ3n) is 4.40. The van der Waals surface area contributed by atoms with Crippen LogP contribution in [0, 0.1) is 0 Å². The number of hydrogen-bond acceptors (Lipinski definition) is 2. The molecule has 0 spiro atoms. The molecule has 5 nitrogen and oxygen atoms in total. The quantitative estimate of drug-likeness (QED) is 0.334. The lowest BCUT2D eigenvalue weighted by molar-refractivity contribution is 0.477. The van der Waals surface area contributed by atoms with Crippen LogP contribution in [-0.2, 0) is 20.0 Å². The molecule has 0 aliphatic carbocycles. The Morgan fingerprint density at radius 2 is 1.96 bits per heavy atom. The van der Waals surface area contributed by atoms with Gasteiger partial charge in [-0.2, -0.15) is 5.10 Å². The zero-order valence-corrected chi connectivity index (χ0v) is 18.6. The van der Waals surface area contributed by atoms with Gasteiger partial charge in [-0.15, -0.1) is 24.0 Å². The van der Waals surface area contributed by atoms with Crippen molar-refractivity contribution in [2.45, 2.75) is 19.9 Å². The van der Waals surface area contributed by atoms with Crippen molar-refractivity contribution in [1.82, 2.24) is 20.0 Å². The number of aliphatic imine (C=N–C) groups is 1. The van der Waals surface area contributed by atoms with E-state index < -0.39 is 0 Å². The van der Waals surface area contributed by atoms with Gasteiger partial charge in [0.25, 0.3) is 0 Å². The van der Waals surface area contributed by atoms with E-state index in [4.69, 9.17) is 4.99 Å². The molecule has 1 heterocycles. The van der Waals surface area contributed by atoms with Crippen LogP contribution in [0.15, 0.2) is 59.9 Å². The average Bonchev–Trinajstić information content (AvgIpc) is 3.06. The van der Waals surface area contributed by atoms with Gasteiger partial charge in [0.15, 0.2) is 5.96 Å². The van der Waals surface area contributed by atoms with Gasteiger partial charge in [-0.1, -0.05) is 42.5 Å². The molecule has 144 valence electrons. The minimum Gasteiger partial charge on any atom is -0.357 e. The zero-order chi connectivity index (χ0) is 18.4. The summed E-state index contributed by atoms with van der Waals surface area (Å²) in [7, 11) is 4.00. The largest absolute Gasteiger partial charge is 0.357 e. The number of hydrogen-bond donors (Lipinski definition) is 1. The van der Waals surface area contributed by atoms with Gasteiger partial charge in [0.05, 0.1) is 6.20 Å². The van der Waals surface area contributed by atoms with Crippen molar-refractivity contribution in [3.05, 3.63) is 66.0 Å². The molecule has 3 rings (SSSR count). The van der Waals surface area contributed by atoms with Gasteiger partial charge in [-0.25, -0.2) is 0 Å². The Morgan fingerprint density at radius 1 is 1.19 bits per heavy atom. The summed E-state index contributed by atoms with van der Waals surface area (Å²) < 4.78 is 1.83. The van der Waals surface area contributed by atoms with Crippen LogP contribution in [0.4, 0.5) is 0 Å². The van der Waals surface area contributed by atoms with Crippen LogP contribution in [0.2, 0.25) is 0 Å². The van der Waals surface area contributed by atoms with Crippen molar-refractivity contribution in [3.63, 3.8) is 0 Å². The molecule has 27 heavy (non-hydrogen) atoms. The van der Waals surface area contributed by atoms with E-state index in [1.807, 2.05) is 24.1 Å².